The number of amides is 2. The third kappa shape index (κ3) is 9.57. The molecule has 1 atom stereocenters. The molecular formula is C29H31Cl3N2O2S. The van der Waals surface area contributed by atoms with Gasteiger partial charge in [0.15, 0.2) is 0 Å². The van der Waals surface area contributed by atoms with Gasteiger partial charge in [0.2, 0.25) is 11.8 Å². The van der Waals surface area contributed by atoms with Crippen molar-refractivity contribution < 1.29 is 9.59 Å². The molecule has 0 saturated heterocycles. The van der Waals surface area contributed by atoms with Crippen molar-refractivity contribution in [2.75, 3.05) is 5.75 Å². The fourth-order valence-electron chi connectivity index (χ4n) is 3.81. The van der Waals surface area contributed by atoms with Crippen LogP contribution in [0.4, 0.5) is 0 Å². The van der Waals surface area contributed by atoms with Gasteiger partial charge in [-0.05, 0) is 61.7 Å². The average molecular weight is 578 g/mol. The summed E-state index contributed by atoms with van der Waals surface area (Å²) in [6, 6.07) is 21.7. The lowest BCUT2D eigenvalue weighted by atomic mass is 10.0. The van der Waals surface area contributed by atoms with Crippen molar-refractivity contribution in [2.24, 2.45) is 0 Å². The van der Waals surface area contributed by atoms with Gasteiger partial charge in [0.1, 0.15) is 6.04 Å². The zero-order valence-electron chi connectivity index (χ0n) is 21.1. The van der Waals surface area contributed by atoms with Crippen LogP contribution in [-0.2, 0) is 28.3 Å². The van der Waals surface area contributed by atoms with Crippen molar-refractivity contribution in [3.63, 3.8) is 0 Å². The van der Waals surface area contributed by atoms with E-state index in [1.165, 1.54) is 11.8 Å². The highest BCUT2D eigenvalue weighted by molar-refractivity contribution is 7.99. The van der Waals surface area contributed by atoms with Gasteiger partial charge in [-0.1, -0.05) is 83.3 Å². The zero-order valence-corrected chi connectivity index (χ0v) is 24.2. The monoisotopic (exact) mass is 576 g/mol. The van der Waals surface area contributed by atoms with E-state index in [4.69, 9.17) is 34.8 Å². The summed E-state index contributed by atoms with van der Waals surface area (Å²) in [6.45, 7) is 6.05. The summed E-state index contributed by atoms with van der Waals surface area (Å²) in [7, 11) is 0. The first kappa shape index (κ1) is 29.4. The van der Waals surface area contributed by atoms with Crippen LogP contribution in [0.25, 0.3) is 0 Å². The number of nitrogens with zero attached hydrogens (tertiary/aromatic N) is 1. The first-order chi connectivity index (χ1) is 17.5. The van der Waals surface area contributed by atoms with E-state index in [-0.39, 0.29) is 24.1 Å². The SMILES string of the molecule is CC(C)(C)NC(=O)C(Cc1ccccc1)N(Cc1cccc(Cl)c1)C(=O)CSCc1ccc(Cl)cc1Cl. The molecule has 0 saturated carbocycles. The van der Waals surface area contributed by atoms with Crippen molar-refractivity contribution in [3.8, 4) is 0 Å². The van der Waals surface area contributed by atoms with Crippen LogP contribution >= 0.6 is 46.6 Å². The van der Waals surface area contributed by atoms with E-state index in [0.29, 0.717) is 27.2 Å². The van der Waals surface area contributed by atoms with Crippen LogP contribution in [0.5, 0.6) is 0 Å². The Bertz CT molecular complexity index is 1220. The van der Waals surface area contributed by atoms with Crippen molar-refractivity contribution >= 4 is 58.4 Å². The Hall–Kier alpha value is -2.18. The maximum absolute atomic E-state index is 13.7. The molecule has 4 nitrogen and oxygen atoms in total. The van der Waals surface area contributed by atoms with E-state index in [1.54, 1.807) is 23.1 Å². The second-order valence-corrected chi connectivity index (χ2v) is 12.1. The standard InChI is InChI=1S/C29H31Cl3N2O2S/c1-29(2,3)33-28(36)26(15-20-8-5-4-6-9-20)34(17-21-10-7-11-23(30)14-21)27(35)19-37-18-22-12-13-24(31)16-25(22)32/h4-14,16,26H,15,17-19H2,1-3H3,(H,33,36). The third-order valence-corrected chi connectivity index (χ3v) is 7.30. The summed E-state index contributed by atoms with van der Waals surface area (Å²) >= 11 is 20.0. The Balaban J connectivity index is 1.87. The Morgan fingerprint density at radius 1 is 0.892 bits per heavy atom. The number of hydrogen-bond acceptors (Lipinski definition) is 3. The van der Waals surface area contributed by atoms with Crippen molar-refractivity contribution in [1.82, 2.24) is 10.2 Å². The number of halogens is 3. The first-order valence-electron chi connectivity index (χ1n) is 11.9. The van der Waals surface area contributed by atoms with Crippen molar-refractivity contribution in [3.05, 3.63) is 105 Å². The minimum Gasteiger partial charge on any atom is -0.350 e. The zero-order chi connectivity index (χ0) is 27.0. The van der Waals surface area contributed by atoms with Crippen molar-refractivity contribution in [2.45, 2.75) is 51.1 Å². The summed E-state index contributed by atoms with van der Waals surface area (Å²) in [5, 5.41) is 4.78. The van der Waals surface area contributed by atoms with Crippen LogP contribution in [0.15, 0.2) is 72.8 Å². The summed E-state index contributed by atoms with van der Waals surface area (Å²) in [6.07, 6.45) is 0.392. The molecule has 0 aromatic heterocycles. The summed E-state index contributed by atoms with van der Waals surface area (Å²) in [5.41, 5.74) is 2.28. The molecule has 8 heteroatoms. The van der Waals surface area contributed by atoms with Gasteiger partial charge in [0.25, 0.3) is 0 Å². The molecule has 0 bridgehead atoms. The molecule has 2 amide bonds. The van der Waals surface area contributed by atoms with Crippen LogP contribution in [0.3, 0.4) is 0 Å². The van der Waals surface area contributed by atoms with E-state index in [9.17, 15) is 9.59 Å². The molecule has 37 heavy (non-hydrogen) atoms. The topological polar surface area (TPSA) is 49.4 Å². The van der Waals surface area contributed by atoms with Gasteiger partial charge >= 0.3 is 0 Å². The molecule has 0 aliphatic heterocycles. The Labute approximate surface area is 238 Å². The Morgan fingerprint density at radius 2 is 1.57 bits per heavy atom. The number of carbonyl (C=O) groups is 2. The molecule has 3 aromatic carbocycles. The fourth-order valence-corrected chi connectivity index (χ4v) is 5.49. The lowest BCUT2D eigenvalue weighted by Gasteiger charge is -2.34. The van der Waals surface area contributed by atoms with E-state index in [0.717, 1.165) is 16.7 Å². The van der Waals surface area contributed by atoms with Crippen LogP contribution in [0, 0.1) is 0 Å². The minimum absolute atomic E-state index is 0.139. The van der Waals surface area contributed by atoms with E-state index >= 15 is 0 Å². The number of rotatable bonds is 10. The van der Waals surface area contributed by atoms with Gasteiger partial charge in [-0.15, -0.1) is 11.8 Å². The van der Waals surface area contributed by atoms with Crippen LogP contribution in [0.2, 0.25) is 15.1 Å². The van der Waals surface area contributed by atoms with Gasteiger partial charge in [0.05, 0.1) is 5.75 Å². The molecule has 1 N–H and O–H groups in total. The van der Waals surface area contributed by atoms with Gasteiger partial charge in [-0.3, -0.25) is 9.59 Å². The molecule has 0 radical (unpaired) electrons. The number of nitrogens with one attached hydrogen (secondary N) is 1. The van der Waals surface area contributed by atoms with Gasteiger partial charge in [-0.2, -0.15) is 0 Å². The number of hydrogen-bond donors (Lipinski definition) is 1. The molecule has 3 aromatic rings. The van der Waals surface area contributed by atoms with E-state index in [1.807, 2.05) is 75.4 Å². The molecule has 1 unspecified atom stereocenters. The first-order valence-corrected chi connectivity index (χ1v) is 14.2. The Kier molecular flexibility index (Phi) is 10.8. The quantitative estimate of drug-likeness (QED) is 0.272. The van der Waals surface area contributed by atoms with Gasteiger partial charge < -0.3 is 10.2 Å². The van der Waals surface area contributed by atoms with Gasteiger partial charge in [-0.25, -0.2) is 0 Å². The molecule has 3 rings (SSSR count). The molecule has 0 aliphatic carbocycles. The highest BCUT2D eigenvalue weighted by atomic mass is 35.5. The smallest absolute Gasteiger partial charge is 0.243 e. The van der Waals surface area contributed by atoms with Crippen LogP contribution in [-0.4, -0.2) is 34.0 Å². The second kappa shape index (κ2) is 13.6. The third-order valence-electron chi connectivity index (χ3n) is 5.51. The molecule has 0 spiro atoms. The normalized spacial score (nSPS) is 12.2. The van der Waals surface area contributed by atoms with Crippen molar-refractivity contribution in [1.29, 1.82) is 0 Å². The average Bonchev–Trinajstić information content (AvgIpc) is 2.82. The summed E-state index contributed by atoms with van der Waals surface area (Å²) in [5.74, 6) is 0.398. The van der Waals surface area contributed by atoms with E-state index < -0.39 is 11.6 Å². The predicted molar refractivity (Wildman–Crippen MR) is 156 cm³/mol. The van der Waals surface area contributed by atoms with Crippen LogP contribution in [0.1, 0.15) is 37.5 Å². The predicted octanol–water partition coefficient (Wildman–Crippen LogP) is 7.43. The van der Waals surface area contributed by atoms with Gasteiger partial charge in [0, 0.05) is 39.3 Å². The lowest BCUT2D eigenvalue weighted by molar-refractivity contribution is -0.140. The highest BCUT2D eigenvalue weighted by Crippen LogP contribution is 2.26. The Morgan fingerprint density at radius 3 is 2.22 bits per heavy atom. The van der Waals surface area contributed by atoms with Crippen LogP contribution < -0.4 is 5.32 Å². The number of carbonyl (C=O) groups excluding carboxylic acids is 2. The number of thioether (sulfide) groups is 1. The fraction of sp³-hybridized carbons (Fsp3) is 0.310. The molecule has 196 valence electrons. The minimum atomic E-state index is -0.701. The maximum Gasteiger partial charge on any atom is 0.243 e. The summed E-state index contributed by atoms with van der Waals surface area (Å²) < 4.78 is 0. The molecular weight excluding hydrogens is 547 g/mol. The lowest BCUT2D eigenvalue weighted by Crippen LogP contribution is -2.54. The highest BCUT2D eigenvalue weighted by Gasteiger charge is 2.32. The largest absolute Gasteiger partial charge is 0.350 e. The molecule has 0 fully saturated rings. The maximum atomic E-state index is 13.7. The molecule has 0 heterocycles. The second-order valence-electron chi connectivity index (χ2n) is 9.82. The number of benzene rings is 3. The summed E-state index contributed by atoms with van der Waals surface area (Å²) in [4.78, 5) is 28.9. The molecule has 0 aliphatic rings. The van der Waals surface area contributed by atoms with E-state index in [2.05, 4.69) is 5.32 Å².